The van der Waals surface area contributed by atoms with E-state index in [1.165, 1.54) is 4.90 Å². The van der Waals surface area contributed by atoms with E-state index >= 15 is 0 Å². The minimum absolute atomic E-state index is 0.295. The third-order valence-corrected chi connectivity index (χ3v) is 2.47. The summed E-state index contributed by atoms with van der Waals surface area (Å²) in [5.41, 5.74) is 0. The maximum absolute atomic E-state index is 11.4. The van der Waals surface area contributed by atoms with Crippen molar-refractivity contribution in [2.24, 2.45) is 0 Å². The van der Waals surface area contributed by atoms with E-state index in [2.05, 4.69) is 0 Å². The number of amides is 1. The highest BCUT2D eigenvalue weighted by Crippen LogP contribution is 2.16. The lowest BCUT2D eigenvalue weighted by atomic mass is 10.3. The second-order valence-electron chi connectivity index (χ2n) is 3.74. The quantitative estimate of drug-likeness (QED) is 0.809. The Hall–Kier alpha value is -2.01. The molecule has 0 radical (unpaired) electrons. The highest BCUT2D eigenvalue weighted by molar-refractivity contribution is 6.30. The van der Waals surface area contributed by atoms with E-state index in [9.17, 15) is 9.59 Å². The molecule has 0 heterocycles. The van der Waals surface area contributed by atoms with Gasteiger partial charge in [0.1, 0.15) is 12.4 Å². The molecule has 1 aromatic carbocycles. The van der Waals surface area contributed by atoms with E-state index in [0.29, 0.717) is 23.9 Å². The Bertz CT molecular complexity index is 487. The van der Waals surface area contributed by atoms with Gasteiger partial charge in [0.15, 0.2) is 0 Å². The molecule has 0 aromatic heterocycles. The van der Waals surface area contributed by atoms with Crippen LogP contribution in [0.3, 0.4) is 0 Å². The fourth-order valence-corrected chi connectivity index (χ4v) is 1.42. The van der Waals surface area contributed by atoms with E-state index < -0.39 is 11.9 Å². The molecule has 0 atom stereocenters. The molecule has 102 valence electrons. The summed E-state index contributed by atoms with van der Waals surface area (Å²) >= 11 is 5.80. The SMILES string of the molecule is CN(CCOc1cccc(Cl)c1)C(=O)/C=C/C(=O)O. The minimum Gasteiger partial charge on any atom is -0.492 e. The number of carboxylic acid groups (broad SMARTS) is 1. The molecule has 6 heteroatoms. The number of rotatable bonds is 6. The molecule has 0 aliphatic carbocycles. The topological polar surface area (TPSA) is 66.8 Å². The van der Waals surface area contributed by atoms with Gasteiger partial charge in [-0.15, -0.1) is 0 Å². The number of carbonyl (C=O) groups is 2. The number of carboxylic acids is 1. The third kappa shape index (κ3) is 5.92. The number of carbonyl (C=O) groups excluding carboxylic acids is 1. The summed E-state index contributed by atoms with van der Waals surface area (Å²) in [4.78, 5) is 23.1. The zero-order chi connectivity index (χ0) is 14.3. The number of halogens is 1. The number of hydrogen-bond donors (Lipinski definition) is 1. The summed E-state index contributed by atoms with van der Waals surface area (Å²) in [6.45, 7) is 0.638. The first-order valence-corrected chi connectivity index (χ1v) is 5.91. The molecule has 5 nitrogen and oxygen atoms in total. The van der Waals surface area contributed by atoms with Crippen LogP contribution in [-0.2, 0) is 9.59 Å². The first kappa shape index (κ1) is 15.0. The summed E-state index contributed by atoms with van der Waals surface area (Å²) < 4.78 is 5.41. The van der Waals surface area contributed by atoms with Crippen LogP contribution in [0.2, 0.25) is 5.02 Å². The Morgan fingerprint density at radius 3 is 2.79 bits per heavy atom. The molecule has 0 aliphatic heterocycles. The largest absolute Gasteiger partial charge is 0.492 e. The van der Waals surface area contributed by atoms with Gasteiger partial charge in [0.05, 0.1) is 6.54 Å². The van der Waals surface area contributed by atoms with Crippen LogP contribution >= 0.6 is 11.6 Å². The smallest absolute Gasteiger partial charge is 0.328 e. The standard InChI is InChI=1S/C13H14ClNO4/c1-15(12(16)5-6-13(17)18)7-8-19-11-4-2-3-10(14)9-11/h2-6,9H,7-8H2,1H3,(H,17,18)/b6-5+. The van der Waals surface area contributed by atoms with E-state index in [4.69, 9.17) is 21.4 Å². The Kier molecular flexibility index (Phi) is 5.89. The molecule has 0 aliphatic rings. The third-order valence-electron chi connectivity index (χ3n) is 2.24. The van der Waals surface area contributed by atoms with Crippen molar-refractivity contribution in [1.29, 1.82) is 0 Å². The van der Waals surface area contributed by atoms with Gasteiger partial charge >= 0.3 is 5.97 Å². The van der Waals surface area contributed by atoms with Gasteiger partial charge in [0.25, 0.3) is 0 Å². The van der Waals surface area contributed by atoms with Gasteiger partial charge < -0.3 is 14.7 Å². The average Bonchev–Trinajstić information content (AvgIpc) is 2.35. The molecular weight excluding hydrogens is 270 g/mol. The van der Waals surface area contributed by atoms with Gasteiger partial charge in [-0.3, -0.25) is 4.79 Å². The van der Waals surface area contributed by atoms with Gasteiger partial charge in [0, 0.05) is 24.2 Å². The molecule has 0 unspecified atom stereocenters. The van der Waals surface area contributed by atoms with Gasteiger partial charge in [-0.05, 0) is 18.2 Å². The maximum atomic E-state index is 11.4. The highest BCUT2D eigenvalue weighted by atomic mass is 35.5. The van der Waals surface area contributed by atoms with Crippen LogP contribution in [0.4, 0.5) is 0 Å². The van der Waals surface area contributed by atoms with Gasteiger partial charge in [-0.25, -0.2) is 4.79 Å². The number of likely N-dealkylation sites (N-methyl/N-ethyl adjacent to an activating group) is 1. The summed E-state index contributed by atoms with van der Waals surface area (Å²) in [5.74, 6) is -0.927. The monoisotopic (exact) mass is 283 g/mol. The summed E-state index contributed by atoms with van der Waals surface area (Å²) in [6, 6.07) is 6.94. The lowest BCUT2D eigenvalue weighted by Gasteiger charge is -2.15. The number of ether oxygens (including phenoxy) is 1. The van der Waals surface area contributed by atoms with Crippen LogP contribution in [-0.4, -0.2) is 42.1 Å². The normalized spacial score (nSPS) is 10.4. The minimum atomic E-state index is -1.16. The zero-order valence-electron chi connectivity index (χ0n) is 10.4. The lowest BCUT2D eigenvalue weighted by Crippen LogP contribution is -2.29. The Morgan fingerprint density at radius 1 is 1.42 bits per heavy atom. The Morgan fingerprint density at radius 2 is 2.16 bits per heavy atom. The molecule has 1 N–H and O–H groups in total. The van der Waals surface area contributed by atoms with Crippen molar-refractivity contribution < 1.29 is 19.4 Å². The first-order valence-electron chi connectivity index (χ1n) is 5.53. The first-order chi connectivity index (χ1) is 8.99. The molecule has 1 amide bonds. The van der Waals surface area contributed by atoms with Crippen molar-refractivity contribution in [3.8, 4) is 5.75 Å². The molecule has 19 heavy (non-hydrogen) atoms. The van der Waals surface area contributed by atoms with E-state index in [0.717, 1.165) is 12.2 Å². The van der Waals surface area contributed by atoms with E-state index in [1.807, 2.05) is 0 Å². The molecule has 0 saturated heterocycles. The molecule has 1 aromatic rings. The van der Waals surface area contributed by atoms with Crippen molar-refractivity contribution >= 4 is 23.5 Å². The van der Waals surface area contributed by atoms with Crippen molar-refractivity contribution in [3.05, 3.63) is 41.4 Å². The van der Waals surface area contributed by atoms with Crippen LogP contribution in [0.1, 0.15) is 0 Å². The Labute approximate surface area is 116 Å². The molecule has 0 bridgehead atoms. The van der Waals surface area contributed by atoms with E-state index in [1.54, 1.807) is 31.3 Å². The molecule has 0 saturated carbocycles. The molecular formula is C13H14ClNO4. The zero-order valence-corrected chi connectivity index (χ0v) is 11.1. The second kappa shape index (κ2) is 7.43. The van der Waals surface area contributed by atoms with Crippen molar-refractivity contribution in [3.63, 3.8) is 0 Å². The van der Waals surface area contributed by atoms with Crippen LogP contribution in [0.5, 0.6) is 5.75 Å². The number of benzene rings is 1. The van der Waals surface area contributed by atoms with Gasteiger partial charge in [0.2, 0.25) is 5.91 Å². The van der Waals surface area contributed by atoms with Crippen LogP contribution in [0.15, 0.2) is 36.4 Å². The lowest BCUT2D eigenvalue weighted by molar-refractivity contribution is -0.132. The predicted octanol–water partition coefficient (Wildman–Crippen LogP) is 1.82. The maximum Gasteiger partial charge on any atom is 0.328 e. The predicted molar refractivity (Wildman–Crippen MR) is 71.4 cm³/mol. The fourth-order valence-electron chi connectivity index (χ4n) is 1.24. The van der Waals surface area contributed by atoms with Crippen molar-refractivity contribution in [2.75, 3.05) is 20.2 Å². The summed E-state index contributed by atoms with van der Waals surface area (Å²) in [6.07, 6.45) is 1.80. The molecule has 1 rings (SSSR count). The fraction of sp³-hybridized carbons (Fsp3) is 0.231. The number of hydrogen-bond acceptors (Lipinski definition) is 3. The van der Waals surface area contributed by atoms with E-state index in [-0.39, 0.29) is 0 Å². The van der Waals surface area contributed by atoms with Crippen LogP contribution in [0, 0.1) is 0 Å². The summed E-state index contributed by atoms with van der Waals surface area (Å²) in [5, 5.41) is 8.98. The van der Waals surface area contributed by atoms with Crippen LogP contribution < -0.4 is 4.74 Å². The molecule has 0 fully saturated rings. The van der Waals surface area contributed by atoms with Crippen LogP contribution in [0.25, 0.3) is 0 Å². The number of aliphatic carboxylic acids is 1. The average molecular weight is 284 g/mol. The number of nitrogens with zero attached hydrogens (tertiary/aromatic N) is 1. The van der Waals surface area contributed by atoms with Crippen molar-refractivity contribution in [1.82, 2.24) is 4.90 Å². The van der Waals surface area contributed by atoms with Gasteiger partial charge in [-0.1, -0.05) is 17.7 Å². The second-order valence-corrected chi connectivity index (χ2v) is 4.17. The van der Waals surface area contributed by atoms with Gasteiger partial charge in [-0.2, -0.15) is 0 Å². The highest BCUT2D eigenvalue weighted by Gasteiger charge is 2.05. The molecule has 0 spiro atoms. The van der Waals surface area contributed by atoms with Crippen molar-refractivity contribution in [2.45, 2.75) is 0 Å². The Balaban J connectivity index is 2.36. The summed E-state index contributed by atoms with van der Waals surface area (Å²) in [7, 11) is 1.57.